The van der Waals surface area contributed by atoms with E-state index in [1.165, 1.54) is 17.2 Å². The Labute approximate surface area is 210 Å². The van der Waals surface area contributed by atoms with Crippen LogP contribution in [-0.2, 0) is 6.18 Å². The van der Waals surface area contributed by atoms with Crippen LogP contribution >= 0.6 is 23.2 Å². The first kappa shape index (κ1) is 27.1. The van der Waals surface area contributed by atoms with Gasteiger partial charge < -0.3 is 25.2 Å². The third kappa shape index (κ3) is 6.58. The standard InChI is InChI=1S/C23H24Cl2F3N3O4/c1-2-7-35-19-10-15(3-4-16(19)23(26,27)28)30-22(34)31-6-5-13(9-20(31)25)21-17(24)8-14(11-29-21)18(33)12-32/h3-4,8-11,18,20,32-33H,2,5-7,12H2,1H3,(H,30,34)/t18-,20?/m1/s1. The van der Waals surface area contributed by atoms with E-state index in [0.717, 1.165) is 18.2 Å². The van der Waals surface area contributed by atoms with Crippen LogP contribution in [0.25, 0.3) is 5.57 Å². The molecule has 2 heterocycles. The largest absolute Gasteiger partial charge is 0.493 e. The van der Waals surface area contributed by atoms with Crippen molar-refractivity contribution in [2.75, 3.05) is 25.1 Å². The molecule has 12 heteroatoms. The summed E-state index contributed by atoms with van der Waals surface area (Å²) in [4.78, 5) is 18.4. The number of anilines is 1. The van der Waals surface area contributed by atoms with E-state index in [1.807, 2.05) is 0 Å². The number of ether oxygens (including phenoxy) is 1. The van der Waals surface area contributed by atoms with Gasteiger partial charge in [-0.3, -0.25) is 4.98 Å². The van der Waals surface area contributed by atoms with Gasteiger partial charge in [0, 0.05) is 30.1 Å². The quantitative estimate of drug-likeness (QED) is 0.324. The van der Waals surface area contributed by atoms with Crippen LogP contribution in [0.2, 0.25) is 5.02 Å². The Hall–Kier alpha value is -2.53. The third-order valence-corrected chi connectivity index (χ3v) is 5.89. The lowest BCUT2D eigenvalue weighted by atomic mass is 10.0. The first-order valence-corrected chi connectivity index (χ1v) is 11.6. The Morgan fingerprint density at radius 3 is 2.71 bits per heavy atom. The molecule has 0 bridgehead atoms. The second-order valence-corrected chi connectivity index (χ2v) is 8.65. The van der Waals surface area contributed by atoms with Gasteiger partial charge in [-0.2, -0.15) is 13.2 Å². The molecule has 1 aromatic heterocycles. The zero-order chi connectivity index (χ0) is 25.8. The molecule has 0 aliphatic carbocycles. The molecule has 1 aliphatic heterocycles. The van der Waals surface area contributed by atoms with Crippen LogP contribution in [0, 0.1) is 0 Å². The van der Waals surface area contributed by atoms with E-state index in [-0.39, 0.29) is 29.6 Å². The van der Waals surface area contributed by atoms with Crippen molar-refractivity contribution in [3.8, 4) is 5.75 Å². The first-order chi connectivity index (χ1) is 16.5. The molecule has 0 saturated heterocycles. The van der Waals surface area contributed by atoms with E-state index in [2.05, 4.69) is 10.3 Å². The summed E-state index contributed by atoms with van der Waals surface area (Å²) in [5.74, 6) is -0.365. The lowest BCUT2D eigenvalue weighted by Gasteiger charge is -2.31. The molecule has 0 fully saturated rings. The normalized spacial score (nSPS) is 17.1. The Balaban J connectivity index is 1.74. The van der Waals surface area contributed by atoms with Crippen molar-refractivity contribution in [3.63, 3.8) is 0 Å². The second-order valence-electron chi connectivity index (χ2n) is 7.79. The molecule has 35 heavy (non-hydrogen) atoms. The van der Waals surface area contributed by atoms with Gasteiger partial charge in [0.15, 0.2) is 0 Å². The van der Waals surface area contributed by atoms with E-state index >= 15 is 0 Å². The summed E-state index contributed by atoms with van der Waals surface area (Å²) < 4.78 is 45.0. The highest BCUT2D eigenvalue weighted by molar-refractivity contribution is 6.32. The first-order valence-electron chi connectivity index (χ1n) is 10.8. The fourth-order valence-electron chi connectivity index (χ4n) is 3.45. The number of benzene rings is 1. The number of rotatable bonds is 7. The average molecular weight is 534 g/mol. The number of aromatic nitrogens is 1. The maximum atomic E-state index is 13.3. The molecule has 7 nitrogen and oxygen atoms in total. The van der Waals surface area contributed by atoms with Crippen molar-refractivity contribution < 1.29 is 32.9 Å². The summed E-state index contributed by atoms with van der Waals surface area (Å²) in [6.07, 6.45) is -1.81. The Morgan fingerprint density at radius 2 is 2.11 bits per heavy atom. The number of nitrogens with one attached hydrogen (secondary N) is 1. The number of amides is 2. The zero-order valence-corrected chi connectivity index (χ0v) is 20.2. The maximum absolute atomic E-state index is 13.3. The molecule has 2 aromatic rings. The molecular weight excluding hydrogens is 510 g/mol. The van der Waals surface area contributed by atoms with Crippen molar-refractivity contribution in [3.05, 3.63) is 58.4 Å². The maximum Gasteiger partial charge on any atom is 0.419 e. The number of aliphatic hydroxyl groups excluding tert-OH is 2. The molecule has 1 unspecified atom stereocenters. The average Bonchev–Trinajstić information content (AvgIpc) is 2.81. The fraction of sp³-hybridized carbons (Fsp3) is 0.391. The van der Waals surface area contributed by atoms with Gasteiger partial charge in [0.25, 0.3) is 0 Å². The summed E-state index contributed by atoms with van der Waals surface area (Å²) >= 11 is 12.7. The minimum Gasteiger partial charge on any atom is -0.493 e. The van der Waals surface area contributed by atoms with Gasteiger partial charge in [-0.05, 0) is 42.7 Å². The monoisotopic (exact) mass is 533 g/mol. The summed E-state index contributed by atoms with van der Waals surface area (Å²) in [5, 5.41) is 21.6. The van der Waals surface area contributed by atoms with Crippen molar-refractivity contribution in [2.45, 2.75) is 37.5 Å². The number of carbonyl (C=O) groups is 1. The van der Waals surface area contributed by atoms with Crippen molar-refractivity contribution in [1.82, 2.24) is 9.88 Å². The predicted octanol–water partition coefficient (Wildman–Crippen LogP) is 5.45. The van der Waals surface area contributed by atoms with Gasteiger partial charge in [-0.1, -0.05) is 30.1 Å². The van der Waals surface area contributed by atoms with Crippen LogP contribution in [-0.4, -0.2) is 51.4 Å². The molecule has 3 rings (SSSR count). The molecule has 0 spiro atoms. The van der Waals surface area contributed by atoms with Gasteiger partial charge in [0.05, 0.1) is 29.5 Å². The fourth-order valence-corrected chi connectivity index (χ4v) is 4.09. The minimum absolute atomic E-state index is 0.0977. The molecule has 0 radical (unpaired) electrons. The highest BCUT2D eigenvalue weighted by Gasteiger charge is 2.35. The molecular formula is C23H24Cl2F3N3O4. The van der Waals surface area contributed by atoms with E-state index in [1.54, 1.807) is 13.0 Å². The lowest BCUT2D eigenvalue weighted by Crippen LogP contribution is -2.42. The van der Waals surface area contributed by atoms with Crippen LogP contribution in [0.4, 0.5) is 23.7 Å². The Morgan fingerprint density at radius 1 is 1.37 bits per heavy atom. The minimum atomic E-state index is -4.59. The molecule has 0 saturated carbocycles. The van der Waals surface area contributed by atoms with Crippen LogP contribution in [0.3, 0.4) is 0 Å². The highest BCUT2D eigenvalue weighted by atomic mass is 35.5. The number of nitrogens with zero attached hydrogens (tertiary/aromatic N) is 2. The summed E-state index contributed by atoms with van der Waals surface area (Å²) in [7, 11) is 0. The topological polar surface area (TPSA) is 94.9 Å². The number of alkyl halides is 4. The highest BCUT2D eigenvalue weighted by Crippen LogP contribution is 2.38. The lowest BCUT2D eigenvalue weighted by molar-refractivity contribution is -0.138. The molecule has 2 atom stereocenters. The van der Waals surface area contributed by atoms with Crippen molar-refractivity contribution in [1.29, 1.82) is 0 Å². The molecule has 190 valence electrons. The van der Waals surface area contributed by atoms with E-state index in [9.17, 15) is 23.1 Å². The Kier molecular flexibility index (Phi) is 8.87. The number of carbonyl (C=O) groups excluding carboxylic acids is 1. The van der Waals surface area contributed by atoms with Crippen molar-refractivity contribution in [2.24, 2.45) is 0 Å². The van der Waals surface area contributed by atoms with Gasteiger partial charge >= 0.3 is 12.2 Å². The number of halogens is 5. The van der Waals surface area contributed by atoms with Crippen molar-refractivity contribution >= 4 is 40.5 Å². The smallest absolute Gasteiger partial charge is 0.419 e. The van der Waals surface area contributed by atoms with E-state index in [0.29, 0.717) is 29.7 Å². The zero-order valence-electron chi connectivity index (χ0n) is 18.6. The third-order valence-electron chi connectivity index (χ3n) is 5.24. The molecule has 1 aromatic carbocycles. The van der Waals surface area contributed by atoms with Gasteiger partial charge in [-0.15, -0.1) is 0 Å². The number of pyridine rings is 1. The summed E-state index contributed by atoms with van der Waals surface area (Å²) in [5.41, 5.74) is -0.174. The number of hydrogen-bond acceptors (Lipinski definition) is 5. The number of hydrogen-bond donors (Lipinski definition) is 3. The second kappa shape index (κ2) is 11.5. The van der Waals surface area contributed by atoms with Crippen LogP contribution in [0.15, 0.2) is 36.5 Å². The number of aliphatic hydroxyl groups is 2. The number of urea groups is 1. The van der Waals surface area contributed by atoms with Gasteiger partial charge in [-0.25, -0.2) is 4.79 Å². The predicted molar refractivity (Wildman–Crippen MR) is 126 cm³/mol. The molecule has 1 aliphatic rings. The van der Waals surface area contributed by atoms with E-state index in [4.69, 9.17) is 33.0 Å². The van der Waals surface area contributed by atoms with Crippen LogP contribution < -0.4 is 10.1 Å². The molecule has 3 N–H and O–H groups in total. The Bertz CT molecular complexity index is 1100. The van der Waals surface area contributed by atoms with Crippen LogP contribution in [0.1, 0.15) is 42.7 Å². The summed E-state index contributed by atoms with van der Waals surface area (Å²) in [6, 6.07) is 4.05. The van der Waals surface area contributed by atoms with Crippen LogP contribution in [0.5, 0.6) is 5.75 Å². The SMILES string of the molecule is CCCOc1cc(NC(=O)N2CCC(c3ncc([C@H](O)CO)cc3Cl)=CC2Cl)ccc1C(F)(F)F. The van der Waals surface area contributed by atoms with E-state index < -0.39 is 36.0 Å². The molecule has 2 amide bonds. The summed E-state index contributed by atoms with van der Waals surface area (Å²) in [6.45, 7) is 1.59. The van der Waals surface area contributed by atoms with Gasteiger partial charge in [0.2, 0.25) is 0 Å². The van der Waals surface area contributed by atoms with Gasteiger partial charge in [0.1, 0.15) is 17.4 Å².